The van der Waals surface area contributed by atoms with Gasteiger partial charge in [-0.25, -0.2) is 0 Å². The van der Waals surface area contributed by atoms with Gasteiger partial charge in [-0.2, -0.15) is 0 Å². The standard InChI is InChI=1S/C14H14N2O2/c1-10(17)8-12-9-14(6-7-16-12)18-13-4-2-11(15)3-5-13/h2-7,9H,8,15H2,1H3. The van der Waals surface area contributed by atoms with Crippen LogP contribution in [0.4, 0.5) is 5.69 Å². The normalized spacial score (nSPS) is 10.1. The van der Waals surface area contributed by atoms with Gasteiger partial charge in [0.1, 0.15) is 17.3 Å². The van der Waals surface area contributed by atoms with Crippen molar-refractivity contribution in [1.29, 1.82) is 0 Å². The molecule has 1 aromatic carbocycles. The smallest absolute Gasteiger partial charge is 0.135 e. The highest BCUT2D eigenvalue weighted by Gasteiger charge is 2.02. The molecule has 0 fully saturated rings. The summed E-state index contributed by atoms with van der Waals surface area (Å²) in [5.41, 5.74) is 6.99. The third kappa shape index (κ3) is 3.31. The van der Waals surface area contributed by atoms with E-state index in [1.165, 1.54) is 6.92 Å². The lowest BCUT2D eigenvalue weighted by Gasteiger charge is -2.06. The van der Waals surface area contributed by atoms with E-state index in [9.17, 15) is 4.79 Å². The van der Waals surface area contributed by atoms with Crippen molar-refractivity contribution in [2.75, 3.05) is 5.73 Å². The SMILES string of the molecule is CC(=O)Cc1cc(Oc2ccc(N)cc2)ccn1. The molecule has 0 aliphatic heterocycles. The van der Waals surface area contributed by atoms with Crippen molar-refractivity contribution in [2.24, 2.45) is 0 Å². The summed E-state index contributed by atoms with van der Waals surface area (Å²) in [6.07, 6.45) is 1.95. The van der Waals surface area contributed by atoms with Crippen molar-refractivity contribution in [2.45, 2.75) is 13.3 Å². The summed E-state index contributed by atoms with van der Waals surface area (Å²) in [6.45, 7) is 1.54. The van der Waals surface area contributed by atoms with Crippen LogP contribution in [-0.4, -0.2) is 10.8 Å². The fourth-order valence-electron chi connectivity index (χ4n) is 1.54. The summed E-state index contributed by atoms with van der Waals surface area (Å²) in [5.74, 6) is 1.43. The summed E-state index contributed by atoms with van der Waals surface area (Å²) in [6, 6.07) is 10.6. The van der Waals surface area contributed by atoms with E-state index >= 15 is 0 Å². The first-order chi connectivity index (χ1) is 8.63. The number of nitrogen functional groups attached to an aromatic ring is 1. The highest BCUT2D eigenvalue weighted by molar-refractivity contribution is 5.77. The van der Waals surface area contributed by atoms with Crippen LogP contribution < -0.4 is 10.5 Å². The molecule has 0 bridgehead atoms. The van der Waals surface area contributed by atoms with E-state index in [1.807, 2.05) is 0 Å². The third-order valence-electron chi connectivity index (χ3n) is 2.33. The second-order valence-corrected chi connectivity index (χ2v) is 4.03. The maximum atomic E-state index is 11.0. The Hall–Kier alpha value is -2.36. The number of pyridine rings is 1. The van der Waals surface area contributed by atoms with Crippen LogP contribution in [0.3, 0.4) is 0 Å². The Bertz CT molecular complexity index is 550. The molecule has 4 nitrogen and oxygen atoms in total. The minimum atomic E-state index is 0.0761. The summed E-state index contributed by atoms with van der Waals surface area (Å²) < 4.78 is 5.65. The molecule has 0 amide bonds. The van der Waals surface area contributed by atoms with Crippen molar-refractivity contribution in [1.82, 2.24) is 4.98 Å². The first-order valence-electron chi connectivity index (χ1n) is 5.61. The number of carbonyl (C=O) groups excluding carboxylic acids is 1. The molecule has 2 N–H and O–H groups in total. The molecule has 0 saturated heterocycles. The molecule has 0 atom stereocenters. The number of ether oxygens (including phenoxy) is 1. The van der Waals surface area contributed by atoms with Gasteiger partial charge < -0.3 is 10.5 Å². The van der Waals surface area contributed by atoms with E-state index < -0.39 is 0 Å². The van der Waals surface area contributed by atoms with Crippen LogP contribution in [-0.2, 0) is 11.2 Å². The summed E-state index contributed by atoms with van der Waals surface area (Å²) >= 11 is 0. The van der Waals surface area contributed by atoms with E-state index in [1.54, 1.807) is 42.6 Å². The van der Waals surface area contributed by atoms with E-state index in [0.717, 1.165) is 0 Å². The van der Waals surface area contributed by atoms with Gasteiger partial charge in [-0.15, -0.1) is 0 Å². The molecule has 0 aliphatic rings. The van der Waals surface area contributed by atoms with E-state index in [0.29, 0.717) is 29.3 Å². The molecule has 0 radical (unpaired) electrons. The number of nitrogens with two attached hydrogens (primary N) is 1. The van der Waals surface area contributed by atoms with E-state index in [4.69, 9.17) is 10.5 Å². The van der Waals surface area contributed by atoms with Gasteiger partial charge in [0.05, 0.1) is 5.69 Å². The average molecular weight is 242 g/mol. The van der Waals surface area contributed by atoms with Gasteiger partial charge in [-0.05, 0) is 37.3 Å². The molecule has 0 unspecified atom stereocenters. The van der Waals surface area contributed by atoms with Gasteiger partial charge in [0, 0.05) is 24.4 Å². The number of hydrogen-bond donors (Lipinski definition) is 1. The van der Waals surface area contributed by atoms with Crippen LogP contribution >= 0.6 is 0 Å². The summed E-state index contributed by atoms with van der Waals surface area (Å²) in [7, 11) is 0. The van der Waals surface area contributed by atoms with Crippen LogP contribution in [0.15, 0.2) is 42.6 Å². The summed E-state index contributed by atoms with van der Waals surface area (Å²) in [4.78, 5) is 15.1. The molecule has 1 heterocycles. The Balaban J connectivity index is 2.13. The molecule has 0 saturated carbocycles. The Morgan fingerprint density at radius 2 is 1.94 bits per heavy atom. The Labute approximate surface area is 105 Å². The zero-order valence-electron chi connectivity index (χ0n) is 10.1. The zero-order valence-corrected chi connectivity index (χ0v) is 10.1. The Kier molecular flexibility index (Phi) is 3.57. The summed E-state index contributed by atoms with van der Waals surface area (Å²) in [5, 5.41) is 0. The van der Waals surface area contributed by atoms with Crippen molar-refractivity contribution in [3.63, 3.8) is 0 Å². The quantitative estimate of drug-likeness (QED) is 0.837. The fourth-order valence-corrected chi connectivity index (χ4v) is 1.54. The number of Topliss-reactive ketones (excluding diaryl/α,β-unsaturated/α-hetero) is 1. The molecule has 18 heavy (non-hydrogen) atoms. The van der Waals surface area contributed by atoms with Gasteiger partial charge in [0.2, 0.25) is 0 Å². The first-order valence-corrected chi connectivity index (χ1v) is 5.61. The van der Waals surface area contributed by atoms with Gasteiger partial charge in [0.25, 0.3) is 0 Å². The lowest BCUT2D eigenvalue weighted by atomic mass is 10.2. The predicted octanol–water partition coefficient (Wildman–Crippen LogP) is 2.59. The van der Waals surface area contributed by atoms with Crippen molar-refractivity contribution in [3.8, 4) is 11.5 Å². The number of ketones is 1. The second-order valence-electron chi connectivity index (χ2n) is 4.03. The average Bonchev–Trinajstić information content (AvgIpc) is 2.32. The van der Waals surface area contributed by atoms with E-state index in [2.05, 4.69) is 4.98 Å². The molecule has 0 aliphatic carbocycles. The maximum absolute atomic E-state index is 11.0. The largest absolute Gasteiger partial charge is 0.457 e. The molecule has 4 heteroatoms. The van der Waals surface area contributed by atoms with Gasteiger partial charge in [-0.1, -0.05) is 0 Å². The highest BCUT2D eigenvalue weighted by atomic mass is 16.5. The van der Waals surface area contributed by atoms with E-state index in [-0.39, 0.29) is 5.78 Å². The Morgan fingerprint density at radius 1 is 1.22 bits per heavy atom. The van der Waals surface area contributed by atoms with Crippen LogP contribution in [0.5, 0.6) is 11.5 Å². The zero-order chi connectivity index (χ0) is 13.0. The number of carbonyl (C=O) groups is 1. The second kappa shape index (κ2) is 5.31. The number of hydrogen-bond acceptors (Lipinski definition) is 4. The number of rotatable bonds is 4. The lowest BCUT2D eigenvalue weighted by Crippen LogP contribution is -1.99. The fraction of sp³-hybridized carbons (Fsp3) is 0.143. The topological polar surface area (TPSA) is 65.2 Å². The van der Waals surface area contributed by atoms with Crippen LogP contribution in [0.2, 0.25) is 0 Å². The first kappa shape index (κ1) is 12.1. The third-order valence-corrected chi connectivity index (χ3v) is 2.33. The van der Waals surface area contributed by atoms with Gasteiger partial charge in [0.15, 0.2) is 0 Å². The molecule has 92 valence electrons. The highest BCUT2D eigenvalue weighted by Crippen LogP contribution is 2.22. The minimum Gasteiger partial charge on any atom is -0.457 e. The molecule has 0 spiro atoms. The number of benzene rings is 1. The molecule has 2 rings (SSSR count). The lowest BCUT2D eigenvalue weighted by molar-refractivity contribution is -0.116. The number of nitrogens with zero attached hydrogens (tertiary/aromatic N) is 1. The minimum absolute atomic E-state index is 0.0761. The van der Waals surface area contributed by atoms with Crippen molar-refractivity contribution in [3.05, 3.63) is 48.3 Å². The number of aromatic nitrogens is 1. The van der Waals surface area contributed by atoms with Crippen molar-refractivity contribution < 1.29 is 9.53 Å². The number of anilines is 1. The van der Waals surface area contributed by atoms with Crippen LogP contribution in [0.1, 0.15) is 12.6 Å². The molecular weight excluding hydrogens is 228 g/mol. The molecule has 2 aromatic rings. The monoisotopic (exact) mass is 242 g/mol. The maximum Gasteiger partial charge on any atom is 0.135 e. The molecule has 1 aromatic heterocycles. The van der Waals surface area contributed by atoms with Crippen LogP contribution in [0, 0.1) is 0 Å². The van der Waals surface area contributed by atoms with Gasteiger partial charge >= 0.3 is 0 Å². The predicted molar refractivity (Wildman–Crippen MR) is 69.6 cm³/mol. The van der Waals surface area contributed by atoms with Gasteiger partial charge in [-0.3, -0.25) is 9.78 Å². The Morgan fingerprint density at radius 3 is 2.61 bits per heavy atom. The molecular formula is C14H14N2O2. The van der Waals surface area contributed by atoms with Crippen molar-refractivity contribution >= 4 is 11.5 Å². The van der Waals surface area contributed by atoms with Crippen LogP contribution in [0.25, 0.3) is 0 Å².